The van der Waals surface area contributed by atoms with E-state index < -0.39 is 0 Å². The molecule has 0 amide bonds. The molecular weight excluding hydrogens is 266 g/mol. The van der Waals surface area contributed by atoms with E-state index >= 15 is 0 Å². The fourth-order valence-electron chi connectivity index (χ4n) is 2.65. The Balaban J connectivity index is 2.89. The highest BCUT2D eigenvalue weighted by atomic mass is 16.5. The van der Waals surface area contributed by atoms with Gasteiger partial charge in [0.2, 0.25) is 0 Å². The lowest BCUT2D eigenvalue weighted by atomic mass is 10.0. The molecular formula is C17H27NO3. The van der Waals surface area contributed by atoms with Gasteiger partial charge in [0.05, 0.1) is 20.1 Å². The lowest BCUT2D eigenvalue weighted by molar-refractivity contribution is -0.139. The van der Waals surface area contributed by atoms with Crippen molar-refractivity contribution in [2.24, 2.45) is 0 Å². The minimum atomic E-state index is -0.223. The average molecular weight is 293 g/mol. The van der Waals surface area contributed by atoms with Crippen LogP contribution in [0.4, 0.5) is 0 Å². The number of benzene rings is 1. The van der Waals surface area contributed by atoms with Crippen LogP contribution >= 0.6 is 0 Å². The van der Waals surface area contributed by atoms with Crippen molar-refractivity contribution in [3.8, 4) is 0 Å². The molecule has 0 aliphatic heterocycles. The average Bonchev–Trinajstić information content (AvgIpc) is 2.50. The highest BCUT2D eigenvalue weighted by molar-refractivity contribution is 5.72. The van der Waals surface area contributed by atoms with Crippen LogP contribution in [0.25, 0.3) is 0 Å². The number of aliphatic hydroxyl groups is 1. The van der Waals surface area contributed by atoms with Crippen LogP contribution in [0, 0.1) is 0 Å². The second-order valence-electron chi connectivity index (χ2n) is 5.19. The second kappa shape index (κ2) is 9.53. The summed E-state index contributed by atoms with van der Waals surface area (Å²) in [4.78, 5) is 13.8. The first-order valence-corrected chi connectivity index (χ1v) is 7.64. The molecule has 0 saturated carbocycles. The van der Waals surface area contributed by atoms with Gasteiger partial charge in [-0.1, -0.05) is 38.1 Å². The number of rotatable bonds is 9. The van der Waals surface area contributed by atoms with E-state index in [2.05, 4.69) is 18.7 Å². The number of hydrogen-bond acceptors (Lipinski definition) is 4. The van der Waals surface area contributed by atoms with Gasteiger partial charge in [0.25, 0.3) is 0 Å². The number of ether oxygens (including phenoxy) is 1. The van der Waals surface area contributed by atoms with Crippen molar-refractivity contribution in [2.45, 2.75) is 45.7 Å². The van der Waals surface area contributed by atoms with Crippen molar-refractivity contribution < 1.29 is 14.6 Å². The lowest BCUT2D eigenvalue weighted by Crippen LogP contribution is -2.36. The molecule has 4 heteroatoms. The summed E-state index contributed by atoms with van der Waals surface area (Å²) in [6.45, 7) is 5.88. The third-order valence-electron chi connectivity index (χ3n) is 3.90. The monoisotopic (exact) mass is 293 g/mol. The van der Waals surface area contributed by atoms with Gasteiger partial charge in [-0.3, -0.25) is 9.69 Å². The van der Waals surface area contributed by atoms with E-state index in [9.17, 15) is 9.90 Å². The molecule has 0 spiro atoms. The first-order chi connectivity index (χ1) is 10.2. The molecule has 1 N–H and O–H groups in total. The molecule has 118 valence electrons. The van der Waals surface area contributed by atoms with E-state index in [4.69, 9.17) is 4.74 Å². The van der Waals surface area contributed by atoms with E-state index in [-0.39, 0.29) is 12.6 Å². The minimum absolute atomic E-state index is 0.148. The van der Waals surface area contributed by atoms with Crippen molar-refractivity contribution in [1.29, 1.82) is 0 Å². The Bertz CT molecular complexity index is 430. The number of nitrogens with zero attached hydrogens (tertiary/aromatic N) is 1. The summed E-state index contributed by atoms with van der Waals surface area (Å²) < 4.78 is 4.76. The minimum Gasteiger partial charge on any atom is -0.469 e. The largest absolute Gasteiger partial charge is 0.469 e. The summed E-state index contributed by atoms with van der Waals surface area (Å²) in [6.07, 6.45) is 2.40. The molecule has 1 rings (SSSR count). The summed E-state index contributed by atoms with van der Waals surface area (Å²) in [5.41, 5.74) is 2.13. The van der Waals surface area contributed by atoms with Gasteiger partial charge in [0.1, 0.15) is 0 Å². The SMILES string of the molecule is CCC(CC)N(CCO)Cc1ccccc1CC(=O)OC. The summed E-state index contributed by atoms with van der Waals surface area (Å²) in [5, 5.41) is 9.29. The Labute approximate surface area is 127 Å². The predicted octanol–water partition coefficient (Wildman–Crippen LogP) is 2.39. The smallest absolute Gasteiger partial charge is 0.309 e. The van der Waals surface area contributed by atoms with Crippen LogP contribution in [0.1, 0.15) is 37.8 Å². The number of aliphatic hydroxyl groups excluding tert-OH is 1. The van der Waals surface area contributed by atoms with E-state index in [0.717, 1.165) is 30.5 Å². The highest BCUT2D eigenvalue weighted by Crippen LogP contribution is 2.17. The standard InChI is InChI=1S/C17H27NO3/c1-4-16(5-2)18(10-11-19)13-15-9-7-6-8-14(15)12-17(20)21-3/h6-9,16,19H,4-5,10-13H2,1-3H3. The molecule has 4 nitrogen and oxygen atoms in total. The maximum Gasteiger partial charge on any atom is 0.309 e. The van der Waals surface area contributed by atoms with Crippen LogP contribution in [-0.2, 0) is 22.5 Å². The highest BCUT2D eigenvalue weighted by Gasteiger charge is 2.17. The van der Waals surface area contributed by atoms with Gasteiger partial charge < -0.3 is 9.84 Å². The maximum absolute atomic E-state index is 11.5. The first kappa shape index (κ1) is 17.7. The normalized spacial score (nSPS) is 11.1. The fourth-order valence-corrected chi connectivity index (χ4v) is 2.65. The lowest BCUT2D eigenvalue weighted by Gasteiger charge is -2.30. The van der Waals surface area contributed by atoms with E-state index in [1.807, 2.05) is 24.3 Å². The van der Waals surface area contributed by atoms with Gasteiger partial charge in [-0.2, -0.15) is 0 Å². The molecule has 1 aromatic carbocycles. The zero-order chi connectivity index (χ0) is 15.7. The Hall–Kier alpha value is -1.39. The van der Waals surface area contributed by atoms with Crippen molar-refractivity contribution in [3.05, 3.63) is 35.4 Å². The van der Waals surface area contributed by atoms with E-state index in [1.165, 1.54) is 7.11 Å². The summed E-state index contributed by atoms with van der Waals surface area (Å²) >= 11 is 0. The molecule has 0 radical (unpaired) electrons. The second-order valence-corrected chi connectivity index (χ2v) is 5.19. The van der Waals surface area contributed by atoms with Gasteiger partial charge >= 0.3 is 5.97 Å². The Morgan fingerprint density at radius 1 is 1.24 bits per heavy atom. The van der Waals surface area contributed by atoms with Crippen LogP contribution in [0.3, 0.4) is 0 Å². The van der Waals surface area contributed by atoms with Crippen LogP contribution < -0.4 is 0 Å². The van der Waals surface area contributed by atoms with Crippen molar-refractivity contribution in [3.63, 3.8) is 0 Å². The van der Waals surface area contributed by atoms with Crippen molar-refractivity contribution in [2.75, 3.05) is 20.3 Å². The number of carbonyl (C=O) groups excluding carboxylic acids is 1. The topological polar surface area (TPSA) is 49.8 Å². The van der Waals surface area contributed by atoms with Crippen molar-refractivity contribution in [1.82, 2.24) is 4.90 Å². The van der Waals surface area contributed by atoms with E-state index in [0.29, 0.717) is 19.0 Å². The first-order valence-electron chi connectivity index (χ1n) is 7.64. The van der Waals surface area contributed by atoms with Crippen molar-refractivity contribution >= 4 is 5.97 Å². The Morgan fingerprint density at radius 2 is 1.86 bits per heavy atom. The molecule has 0 aliphatic carbocycles. The third-order valence-corrected chi connectivity index (χ3v) is 3.90. The molecule has 0 aromatic heterocycles. The zero-order valence-corrected chi connectivity index (χ0v) is 13.3. The number of hydrogen-bond donors (Lipinski definition) is 1. The van der Waals surface area contributed by atoms with Gasteiger partial charge in [-0.25, -0.2) is 0 Å². The van der Waals surface area contributed by atoms with Gasteiger partial charge in [0, 0.05) is 19.1 Å². The molecule has 21 heavy (non-hydrogen) atoms. The molecule has 0 bridgehead atoms. The number of esters is 1. The molecule has 0 saturated heterocycles. The van der Waals surface area contributed by atoms with Crippen LogP contribution in [0.5, 0.6) is 0 Å². The quantitative estimate of drug-likeness (QED) is 0.710. The molecule has 0 heterocycles. The molecule has 0 atom stereocenters. The maximum atomic E-state index is 11.5. The van der Waals surface area contributed by atoms with Gasteiger partial charge in [-0.15, -0.1) is 0 Å². The summed E-state index contributed by atoms with van der Waals surface area (Å²) in [7, 11) is 1.41. The molecule has 1 aromatic rings. The molecule has 0 fully saturated rings. The van der Waals surface area contributed by atoms with E-state index in [1.54, 1.807) is 0 Å². The Morgan fingerprint density at radius 3 is 2.38 bits per heavy atom. The summed E-state index contributed by atoms with van der Waals surface area (Å²) in [5.74, 6) is -0.223. The number of carbonyl (C=O) groups is 1. The number of methoxy groups -OCH3 is 1. The van der Waals surface area contributed by atoms with Crippen LogP contribution in [0.15, 0.2) is 24.3 Å². The van der Waals surface area contributed by atoms with Gasteiger partial charge in [-0.05, 0) is 24.0 Å². The fraction of sp³-hybridized carbons (Fsp3) is 0.588. The summed E-state index contributed by atoms with van der Waals surface area (Å²) in [6, 6.07) is 8.39. The van der Waals surface area contributed by atoms with Gasteiger partial charge in [0.15, 0.2) is 0 Å². The predicted molar refractivity (Wildman–Crippen MR) is 84.0 cm³/mol. The molecule has 0 unspecified atom stereocenters. The van der Waals surface area contributed by atoms with Crippen LogP contribution in [-0.4, -0.2) is 42.3 Å². The third kappa shape index (κ3) is 5.48. The Kier molecular flexibility index (Phi) is 8.01. The zero-order valence-electron chi connectivity index (χ0n) is 13.3. The molecule has 0 aliphatic rings. The van der Waals surface area contributed by atoms with Crippen LogP contribution in [0.2, 0.25) is 0 Å².